The highest BCUT2D eigenvalue weighted by Crippen LogP contribution is 2.32. The predicted octanol–water partition coefficient (Wildman–Crippen LogP) is 2.20. The Hall–Kier alpha value is -2.97. The van der Waals surface area contributed by atoms with E-state index >= 15 is 0 Å². The molecule has 4 rings (SSSR count). The summed E-state index contributed by atoms with van der Waals surface area (Å²) in [7, 11) is 3.49. The summed E-state index contributed by atoms with van der Waals surface area (Å²) in [6.07, 6.45) is 0.864. The molecule has 0 saturated carbocycles. The first-order chi connectivity index (χ1) is 15.8. The molecule has 2 aliphatic rings. The van der Waals surface area contributed by atoms with Crippen molar-refractivity contribution in [2.75, 3.05) is 60.3 Å². The van der Waals surface area contributed by atoms with Gasteiger partial charge in [0.1, 0.15) is 5.75 Å². The van der Waals surface area contributed by atoms with Crippen molar-refractivity contribution < 1.29 is 18.9 Å². The number of morpholine rings is 1. The van der Waals surface area contributed by atoms with E-state index in [-0.39, 0.29) is 6.04 Å². The number of nitrogens with zero attached hydrogens (tertiary/aromatic N) is 2. The van der Waals surface area contributed by atoms with Crippen LogP contribution in [0.25, 0.3) is 0 Å². The maximum Gasteiger partial charge on any atom is 0.231 e. The van der Waals surface area contributed by atoms with E-state index < -0.39 is 0 Å². The summed E-state index contributed by atoms with van der Waals surface area (Å²) in [5, 5.41) is 6.92. The molecule has 0 spiro atoms. The molecule has 2 aromatic carbocycles. The molecule has 2 aromatic rings. The van der Waals surface area contributed by atoms with Crippen LogP contribution in [0.5, 0.6) is 17.2 Å². The van der Waals surface area contributed by atoms with Crippen LogP contribution >= 0.6 is 0 Å². The highest BCUT2D eigenvalue weighted by molar-refractivity contribution is 5.79. The monoisotopic (exact) mass is 440 g/mol. The molecular weight excluding hydrogens is 408 g/mol. The Morgan fingerprint density at radius 2 is 1.84 bits per heavy atom. The van der Waals surface area contributed by atoms with Gasteiger partial charge >= 0.3 is 0 Å². The van der Waals surface area contributed by atoms with Crippen LogP contribution in [0.2, 0.25) is 0 Å². The van der Waals surface area contributed by atoms with E-state index in [4.69, 9.17) is 18.9 Å². The molecule has 1 fully saturated rings. The number of guanidine groups is 1. The van der Waals surface area contributed by atoms with Crippen molar-refractivity contribution >= 4 is 5.96 Å². The SMILES string of the molecule is CN=C(NCCc1ccc2c(c1)OCO2)NCC(c1ccc(OC)cc1)N1CCOCC1. The predicted molar refractivity (Wildman–Crippen MR) is 124 cm³/mol. The molecule has 172 valence electrons. The Morgan fingerprint density at radius 1 is 1.06 bits per heavy atom. The van der Waals surface area contributed by atoms with Gasteiger partial charge in [-0.1, -0.05) is 18.2 Å². The Morgan fingerprint density at radius 3 is 2.59 bits per heavy atom. The third-order valence-corrected chi connectivity index (χ3v) is 5.82. The van der Waals surface area contributed by atoms with Crippen LogP contribution in [0, 0.1) is 0 Å². The highest BCUT2D eigenvalue weighted by Gasteiger charge is 2.23. The summed E-state index contributed by atoms with van der Waals surface area (Å²) in [6, 6.07) is 14.6. The molecular formula is C24H32N4O4. The van der Waals surface area contributed by atoms with Crippen molar-refractivity contribution in [1.82, 2.24) is 15.5 Å². The summed E-state index contributed by atoms with van der Waals surface area (Å²) in [4.78, 5) is 6.86. The van der Waals surface area contributed by atoms with Crippen LogP contribution in [-0.4, -0.2) is 71.2 Å². The van der Waals surface area contributed by atoms with Crippen LogP contribution in [-0.2, 0) is 11.2 Å². The first-order valence-corrected chi connectivity index (χ1v) is 11.1. The zero-order valence-corrected chi connectivity index (χ0v) is 18.8. The third-order valence-electron chi connectivity index (χ3n) is 5.82. The van der Waals surface area contributed by atoms with E-state index in [0.717, 1.165) is 69.0 Å². The molecule has 2 heterocycles. The minimum atomic E-state index is 0.220. The van der Waals surface area contributed by atoms with E-state index in [0.29, 0.717) is 6.79 Å². The molecule has 0 bridgehead atoms. The summed E-state index contributed by atoms with van der Waals surface area (Å²) >= 11 is 0. The number of ether oxygens (including phenoxy) is 4. The van der Waals surface area contributed by atoms with Crippen LogP contribution in [0.4, 0.5) is 0 Å². The van der Waals surface area contributed by atoms with Crippen LogP contribution < -0.4 is 24.8 Å². The maximum atomic E-state index is 5.56. The fourth-order valence-electron chi connectivity index (χ4n) is 4.01. The van der Waals surface area contributed by atoms with Gasteiger partial charge in [0.05, 0.1) is 26.4 Å². The minimum Gasteiger partial charge on any atom is -0.497 e. The number of benzene rings is 2. The fraction of sp³-hybridized carbons (Fsp3) is 0.458. The van der Waals surface area contributed by atoms with Crippen molar-refractivity contribution in [1.29, 1.82) is 0 Å². The topological polar surface area (TPSA) is 76.6 Å². The van der Waals surface area contributed by atoms with Gasteiger partial charge in [-0.15, -0.1) is 0 Å². The van der Waals surface area contributed by atoms with Crippen molar-refractivity contribution in [3.8, 4) is 17.2 Å². The van der Waals surface area contributed by atoms with Gasteiger partial charge in [-0.05, 0) is 41.8 Å². The lowest BCUT2D eigenvalue weighted by atomic mass is 10.0. The van der Waals surface area contributed by atoms with Gasteiger partial charge in [0.15, 0.2) is 17.5 Å². The molecule has 2 aliphatic heterocycles. The fourth-order valence-corrected chi connectivity index (χ4v) is 4.01. The molecule has 1 saturated heterocycles. The standard InChI is InChI=1S/C24H32N4O4/c1-25-24(26-10-9-18-3-8-22-23(15-18)32-17-31-22)27-16-21(28-11-13-30-14-12-28)19-4-6-20(29-2)7-5-19/h3-8,15,21H,9-14,16-17H2,1-2H3,(H2,25,26,27). The Bertz CT molecular complexity index is 897. The van der Waals surface area contributed by atoms with Gasteiger partial charge in [-0.3, -0.25) is 9.89 Å². The molecule has 2 N–H and O–H groups in total. The second-order valence-corrected chi connectivity index (χ2v) is 7.75. The molecule has 8 heteroatoms. The number of rotatable bonds is 8. The first kappa shape index (κ1) is 22.2. The summed E-state index contributed by atoms with van der Waals surface area (Å²) < 4.78 is 21.7. The van der Waals surface area contributed by atoms with Gasteiger partial charge < -0.3 is 29.6 Å². The van der Waals surface area contributed by atoms with Crippen LogP contribution in [0.3, 0.4) is 0 Å². The molecule has 0 aromatic heterocycles. The largest absolute Gasteiger partial charge is 0.497 e. The molecule has 8 nitrogen and oxygen atoms in total. The maximum absolute atomic E-state index is 5.56. The van der Waals surface area contributed by atoms with Crippen molar-refractivity contribution in [2.45, 2.75) is 12.5 Å². The number of fused-ring (bicyclic) bond motifs is 1. The molecule has 0 amide bonds. The second kappa shape index (κ2) is 11.1. The van der Waals surface area contributed by atoms with Crippen LogP contribution in [0.1, 0.15) is 17.2 Å². The van der Waals surface area contributed by atoms with Crippen LogP contribution in [0.15, 0.2) is 47.5 Å². The van der Waals surface area contributed by atoms with Crippen molar-refractivity contribution in [3.05, 3.63) is 53.6 Å². The number of nitrogens with one attached hydrogen (secondary N) is 2. The average Bonchev–Trinajstić information content (AvgIpc) is 3.32. The lowest BCUT2D eigenvalue weighted by Crippen LogP contribution is -2.46. The molecule has 0 radical (unpaired) electrons. The summed E-state index contributed by atoms with van der Waals surface area (Å²) in [6.45, 7) is 5.15. The van der Waals surface area contributed by atoms with Gasteiger partial charge in [0, 0.05) is 33.2 Å². The van der Waals surface area contributed by atoms with Gasteiger partial charge in [0.2, 0.25) is 6.79 Å². The van der Waals surface area contributed by atoms with Crippen molar-refractivity contribution in [3.63, 3.8) is 0 Å². The Labute approximate surface area is 189 Å². The Balaban J connectivity index is 1.33. The number of hydrogen-bond donors (Lipinski definition) is 2. The zero-order valence-electron chi connectivity index (χ0n) is 18.8. The van der Waals surface area contributed by atoms with E-state index in [1.54, 1.807) is 14.2 Å². The summed E-state index contributed by atoms with van der Waals surface area (Å²) in [5.74, 6) is 3.28. The minimum absolute atomic E-state index is 0.220. The smallest absolute Gasteiger partial charge is 0.231 e. The normalized spacial score (nSPS) is 17.1. The lowest BCUT2D eigenvalue weighted by Gasteiger charge is -2.35. The quantitative estimate of drug-likeness (QED) is 0.481. The average molecular weight is 441 g/mol. The van der Waals surface area contributed by atoms with Gasteiger partial charge in [0.25, 0.3) is 0 Å². The number of methoxy groups -OCH3 is 1. The molecule has 32 heavy (non-hydrogen) atoms. The highest BCUT2D eigenvalue weighted by atomic mass is 16.7. The molecule has 0 aliphatic carbocycles. The van der Waals surface area contributed by atoms with E-state index in [2.05, 4.69) is 38.7 Å². The van der Waals surface area contributed by atoms with Gasteiger partial charge in [-0.25, -0.2) is 0 Å². The number of aliphatic imine (C=N–C) groups is 1. The van der Waals surface area contributed by atoms with E-state index in [1.807, 2.05) is 24.3 Å². The van der Waals surface area contributed by atoms with E-state index in [9.17, 15) is 0 Å². The lowest BCUT2D eigenvalue weighted by molar-refractivity contribution is 0.0170. The summed E-state index contributed by atoms with van der Waals surface area (Å²) in [5.41, 5.74) is 2.44. The van der Waals surface area contributed by atoms with Crippen molar-refractivity contribution in [2.24, 2.45) is 4.99 Å². The Kier molecular flexibility index (Phi) is 7.68. The third kappa shape index (κ3) is 5.63. The molecule has 1 atom stereocenters. The van der Waals surface area contributed by atoms with E-state index in [1.165, 1.54) is 11.1 Å². The second-order valence-electron chi connectivity index (χ2n) is 7.75. The van der Waals surface area contributed by atoms with Gasteiger partial charge in [-0.2, -0.15) is 0 Å². The number of hydrogen-bond acceptors (Lipinski definition) is 6. The molecule has 1 unspecified atom stereocenters. The first-order valence-electron chi connectivity index (χ1n) is 11.1. The zero-order chi connectivity index (χ0) is 22.2.